The van der Waals surface area contributed by atoms with Crippen LogP contribution in [0.15, 0.2) is 18.2 Å². The first-order valence-corrected chi connectivity index (χ1v) is 5.28. The van der Waals surface area contributed by atoms with E-state index in [0.29, 0.717) is 23.6 Å². The molecule has 0 saturated carbocycles. The fourth-order valence-corrected chi connectivity index (χ4v) is 1.27. The van der Waals surface area contributed by atoms with Crippen LogP contribution in [0.4, 0.5) is 5.69 Å². The van der Waals surface area contributed by atoms with E-state index in [1.807, 2.05) is 6.92 Å². The van der Waals surface area contributed by atoms with Gasteiger partial charge in [-0.3, -0.25) is 0 Å². The van der Waals surface area contributed by atoms with Gasteiger partial charge in [-0.15, -0.1) is 0 Å². The highest BCUT2D eigenvalue weighted by Gasteiger charge is 2.15. The lowest BCUT2D eigenvalue weighted by molar-refractivity contribution is 0.0374. The van der Waals surface area contributed by atoms with Crippen LogP contribution in [-0.4, -0.2) is 18.7 Å². The van der Waals surface area contributed by atoms with E-state index in [1.165, 1.54) is 0 Å². The van der Waals surface area contributed by atoms with Gasteiger partial charge in [0.25, 0.3) is 0 Å². The highest BCUT2D eigenvalue weighted by atomic mass is 16.5. The van der Waals surface area contributed by atoms with Gasteiger partial charge in [0.15, 0.2) is 0 Å². The molecule has 0 aliphatic carbocycles. The number of nitrogen functional groups attached to an aromatic ring is 1. The van der Waals surface area contributed by atoms with Crippen molar-refractivity contribution in [2.24, 2.45) is 0 Å². The first kappa shape index (κ1) is 12.4. The molecular formula is C12H17NO3. The number of hydrogen-bond acceptors (Lipinski definition) is 4. The van der Waals surface area contributed by atoms with E-state index < -0.39 is 5.97 Å². The summed E-state index contributed by atoms with van der Waals surface area (Å²) in [6.45, 7) is 5.94. The van der Waals surface area contributed by atoms with Crippen LogP contribution >= 0.6 is 0 Å². The molecule has 88 valence electrons. The Kier molecular flexibility index (Phi) is 4.17. The lowest BCUT2D eigenvalue weighted by Crippen LogP contribution is -2.13. The second kappa shape index (κ2) is 5.39. The van der Waals surface area contributed by atoms with Gasteiger partial charge in [-0.1, -0.05) is 0 Å². The zero-order chi connectivity index (χ0) is 12.1. The molecule has 0 atom stereocenters. The Labute approximate surface area is 95.3 Å². The third kappa shape index (κ3) is 3.15. The van der Waals surface area contributed by atoms with E-state index in [1.54, 1.807) is 32.0 Å². The number of anilines is 1. The SMILES string of the molecule is CCOc1ccc(N)cc1C(=O)OC(C)C. The highest BCUT2D eigenvalue weighted by Crippen LogP contribution is 2.22. The minimum Gasteiger partial charge on any atom is -0.493 e. The number of rotatable bonds is 4. The third-order valence-corrected chi connectivity index (χ3v) is 1.87. The van der Waals surface area contributed by atoms with Gasteiger partial charge in [0, 0.05) is 5.69 Å². The van der Waals surface area contributed by atoms with Crippen molar-refractivity contribution in [2.75, 3.05) is 12.3 Å². The Morgan fingerprint density at radius 2 is 2.12 bits per heavy atom. The van der Waals surface area contributed by atoms with Crippen molar-refractivity contribution in [1.82, 2.24) is 0 Å². The van der Waals surface area contributed by atoms with E-state index in [-0.39, 0.29) is 6.10 Å². The summed E-state index contributed by atoms with van der Waals surface area (Å²) < 4.78 is 10.4. The summed E-state index contributed by atoms with van der Waals surface area (Å²) in [4.78, 5) is 11.7. The minimum absolute atomic E-state index is 0.164. The quantitative estimate of drug-likeness (QED) is 0.628. The van der Waals surface area contributed by atoms with Crippen LogP contribution in [-0.2, 0) is 4.74 Å². The molecule has 16 heavy (non-hydrogen) atoms. The molecule has 1 rings (SSSR count). The smallest absolute Gasteiger partial charge is 0.342 e. The molecule has 0 amide bonds. The van der Waals surface area contributed by atoms with Crippen molar-refractivity contribution >= 4 is 11.7 Å². The molecule has 0 bridgehead atoms. The molecule has 0 radical (unpaired) electrons. The molecule has 4 heteroatoms. The van der Waals surface area contributed by atoms with E-state index in [9.17, 15) is 4.79 Å². The predicted octanol–water partition coefficient (Wildman–Crippen LogP) is 2.23. The molecule has 0 aliphatic rings. The average Bonchev–Trinajstić information content (AvgIpc) is 2.20. The first-order chi connectivity index (χ1) is 7.54. The molecule has 0 saturated heterocycles. The van der Waals surface area contributed by atoms with Crippen molar-refractivity contribution in [1.29, 1.82) is 0 Å². The Balaban J connectivity index is 2.99. The summed E-state index contributed by atoms with van der Waals surface area (Å²) in [5.41, 5.74) is 6.51. The molecule has 1 aromatic rings. The van der Waals surface area contributed by atoms with E-state index in [4.69, 9.17) is 15.2 Å². The fraction of sp³-hybridized carbons (Fsp3) is 0.417. The maximum absolute atomic E-state index is 11.7. The van der Waals surface area contributed by atoms with Crippen LogP contribution in [0.3, 0.4) is 0 Å². The van der Waals surface area contributed by atoms with Crippen LogP contribution in [0.25, 0.3) is 0 Å². The zero-order valence-electron chi connectivity index (χ0n) is 9.82. The minimum atomic E-state index is -0.411. The van der Waals surface area contributed by atoms with Gasteiger partial charge < -0.3 is 15.2 Å². The van der Waals surface area contributed by atoms with Gasteiger partial charge in [-0.2, -0.15) is 0 Å². The summed E-state index contributed by atoms with van der Waals surface area (Å²) in [5, 5.41) is 0. The maximum atomic E-state index is 11.7. The summed E-state index contributed by atoms with van der Waals surface area (Å²) in [7, 11) is 0. The van der Waals surface area contributed by atoms with E-state index >= 15 is 0 Å². The van der Waals surface area contributed by atoms with Crippen LogP contribution < -0.4 is 10.5 Å². The molecule has 0 fully saturated rings. The van der Waals surface area contributed by atoms with Crippen molar-refractivity contribution in [3.05, 3.63) is 23.8 Å². The largest absolute Gasteiger partial charge is 0.493 e. The number of ether oxygens (including phenoxy) is 2. The molecule has 0 spiro atoms. The van der Waals surface area contributed by atoms with E-state index in [2.05, 4.69) is 0 Å². The number of carbonyl (C=O) groups excluding carboxylic acids is 1. The molecule has 0 unspecified atom stereocenters. The third-order valence-electron chi connectivity index (χ3n) is 1.87. The normalized spacial score (nSPS) is 10.2. The number of hydrogen-bond donors (Lipinski definition) is 1. The molecule has 1 aromatic carbocycles. The summed E-state index contributed by atoms with van der Waals surface area (Å²) in [6.07, 6.45) is -0.164. The summed E-state index contributed by atoms with van der Waals surface area (Å²) in [6, 6.07) is 4.93. The Bertz CT molecular complexity index is 375. The molecule has 4 nitrogen and oxygen atoms in total. The predicted molar refractivity (Wildman–Crippen MR) is 62.6 cm³/mol. The van der Waals surface area contributed by atoms with Crippen LogP contribution in [0.1, 0.15) is 31.1 Å². The maximum Gasteiger partial charge on any atom is 0.342 e. The zero-order valence-corrected chi connectivity index (χ0v) is 9.82. The fourth-order valence-electron chi connectivity index (χ4n) is 1.27. The second-order valence-electron chi connectivity index (χ2n) is 3.64. The topological polar surface area (TPSA) is 61.5 Å². The second-order valence-corrected chi connectivity index (χ2v) is 3.64. The van der Waals surface area contributed by atoms with Crippen molar-refractivity contribution in [3.8, 4) is 5.75 Å². The molecule has 0 aliphatic heterocycles. The Hall–Kier alpha value is -1.71. The van der Waals surface area contributed by atoms with Gasteiger partial charge in [0.1, 0.15) is 11.3 Å². The van der Waals surface area contributed by atoms with Gasteiger partial charge in [0.2, 0.25) is 0 Å². The van der Waals surface area contributed by atoms with Crippen molar-refractivity contribution in [3.63, 3.8) is 0 Å². The number of benzene rings is 1. The molecular weight excluding hydrogens is 206 g/mol. The lowest BCUT2D eigenvalue weighted by Gasteiger charge is -2.12. The van der Waals surface area contributed by atoms with Crippen LogP contribution in [0.2, 0.25) is 0 Å². The highest BCUT2D eigenvalue weighted by molar-refractivity contribution is 5.93. The van der Waals surface area contributed by atoms with Crippen molar-refractivity contribution in [2.45, 2.75) is 26.9 Å². The standard InChI is InChI=1S/C12H17NO3/c1-4-15-11-6-5-9(13)7-10(11)12(14)16-8(2)3/h5-8H,4,13H2,1-3H3. The van der Waals surface area contributed by atoms with E-state index in [0.717, 1.165) is 0 Å². The monoisotopic (exact) mass is 223 g/mol. The van der Waals surface area contributed by atoms with Gasteiger partial charge >= 0.3 is 5.97 Å². The summed E-state index contributed by atoms with van der Waals surface area (Å²) >= 11 is 0. The first-order valence-electron chi connectivity index (χ1n) is 5.28. The van der Waals surface area contributed by atoms with Gasteiger partial charge in [-0.25, -0.2) is 4.79 Å². The Morgan fingerprint density at radius 3 is 2.69 bits per heavy atom. The van der Waals surface area contributed by atoms with Crippen molar-refractivity contribution < 1.29 is 14.3 Å². The Morgan fingerprint density at radius 1 is 1.44 bits per heavy atom. The average molecular weight is 223 g/mol. The molecule has 2 N–H and O–H groups in total. The van der Waals surface area contributed by atoms with Crippen LogP contribution in [0, 0.1) is 0 Å². The number of nitrogens with two attached hydrogens (primary N) is 1. The molecule has 0 aromatic heterocycles. The van der Waals surface area contributed by atoms with Crippen LogP contribution in [0.5, 0.6) is 5.75 Å². The lowest BCUT2D eigenvalue weighted by atomic mass is 10.2. The van der Waals surface area contributed by atoms with Gasteiger partial charge in [-0.05, 0) is 39.0 Å². The number of esters is 1. The number of carbonyl (C=O) groups is 1. The summed E-state index contributed by atoms with van der Waals surface area (Å²) in [5.74, 6) is 0.0908. The van der Waals surface area contributed by atoms with Gasteiger partial charge in [0.05, 0.1) is 12.7 Å². The molecule has 0 heterocycles.